The number of halogens is 1. The number of ether oxygens (including phenoxy) is 3. The minimum Gasteiger partial charge on any atom is -0.488 e. The summed E-state index contributed by atoms with van der Waals surface area (Å²) < 4.78 is 31.8. The number of Topliss-reactive ketones (excluding diaryl/α,β-unsaturated/α-hetero) is 1. The SMILES string of the molecule is Cc1ncsc1-c1ccc([C@H](C)NC(=O)[C@@H]2CC(=O)CN2C(=O)[C@@H](NC(=O)OCCCCc2cccc(OC[C@H](CCC(N)=O)NC(=O)OC(C)(C)C)c2F)C(C)(C)C)cc1. The molecule has 17 heteroatoms. The number of likely N-dealkylation sites (tertiary alicyclic amines) is 1. The number of carbonyl (C=O) groups excluding carboxylic acids is 6. The van der Waals surface area contributed by atoms with Gasteiger partial charge in [0.25, 0.3) is 0 Å². The van der Waals surface area contributed by atoms with E-state index < -0.39 is 70.9 Å². The zero-order valence-corrected chi connectivity index (χ0v) is 37.0. The number of primary amides is 1. The van der Waals surface area contributed by atoms with E-state index in [1.54, 1.807) is 70.5 Å². The number of alkyl carbamates (subject to hydrolysis) is 2. The summed E-state index contributed by atoms with van der Waals surface area (Å²) in [5, 5.41) is 8.23. The molecule has 332 valence electrons. The van der Waals surface area contributed by atoms with Gasteiger partial charge in [-0.2, -0.15) is 0 Å². The Hall–Kier alpha value is -5.58. The van der Waals surface area contributed by atoms with E-state index in [-0.39, 0.29) is 50.6 Å². The van der Waals surface area contributed by atoms with E-state index in [0.29, 0.717) is 24.8 Å². The minimum atomic E-state index is -1.12. The molecule has 0 aliphatic carbocycles. The third-order valence-corrected chi connectivity index (χ3v) is 10.9. The lowest BCUT2D eigenvalue weighted by molar-refractivity contribution is -0.142. The van der Waals surface area contributed by atoms with E-state index in [4.69, 9.17) is 19.9 Å². The fourth-order valence-electron chi connectivity index (χ4n) is 6.65. The molecule has 1 fully saturated rings. The van der Waals surface area contributed by atoms with Crippen molar-refractivity contribution in [3.05, 3.63) is 70.6 Å². The van der Waals surface area contributed by atoms with Crippen LogP contribution >= 0.6 is 11.3 Å². The second-order valence-corrected chi connectivity index (χ2v) is 18.1. The van der Waals surface area contributed by atoms with Gasteiger partial charge in [0.2, 0.25) is 17.7 Å². The summed E-state index contributed by atoms with van der Waals surface area (Å²) in [7, 11) is 0. The molecule has 4 atom stereocenters. The number of rotatable bonds is 18. The average Bonchev–Trinajstić information content (AvgIpc) is 3.79. The lowest BCUT2D eigenvalue weighted by Gasteiger charge is -2.35. The number of aryl methyl sites for hydroxylation is 2. The minimum absolute atomic E-state index is 0.0240. The van der Waals surface area contributed by atoms with Gasteiger partial charge in [0.05, 0.1) is 41.3 Å². The highest BCUT2D eigenvalue weighted by molar-refractivity contribution is 7.13. The Morgan fingerprint density at radius 3 is 2.31 bits per heavy atom. The van der Waals surface area contributed by atoms with Crippen LogP contribution in [0.2, 0.25) is 0 Å². The van der Waals surface area contributed by atoms with Crippen LogP contribution in [0.1, 0.15) is 103 Å². The predicted octanol–water partition coefficient (Wildman–Crippen LogP) is 6.31. The van der Waals surface area contributed by atoms with Gasteiger partial charge in [0, 0.05) is 12.8 Å². The van der Waals surface area contributed by atoms with E-state index in [0.717, 1.165) is 21.7 Å². The zero-order chi connectivity index (χ0) is 45.1. The molecule has 0 spiro atoms. The molecule has 0 unspecified atom stereocenters. The number of nitrogens with two attached hydrogens (primary N) is 1. The number of hydrogen-bond donors (Lipinski definition) is 4. The van der Waals surface area contributed by atoms with Crippen molar-refractivity contribution < 1.29 is 47.4 Å². The first kappa shape index (κ1) is 48.1. The Balaban J connectivity index is 1.28. The summed E-state index contributed by atoms with van der Waals surface area (Å²) in [6.45, 7) is 13.7. The standard InChI is InChI=1S/C44H59FN6O9S/c1-26(28-15-17-30(18-16-28)37-27(2)47-25-61-37)48-39(54)33-22-32(52)23-51(33)40(55)38(43(3,4)5)50-41(56)58-21-10-9-12-29-13-11-14-34(36(29)45)59-24-31(19-20-35(46)53)49-42(57)60-44(6,7)8/h11,13-18,25-26,31,33,38H,9-10,12,19-24H2,1-8H3,(H2,46,53)(H,48,54)(H,49,57)(H,50,56)/t26-,31-,33-,38+/m0/s1. The van der Waals surface area contributed by atoms with Crippen LogP contribution in [-0.4, -0.2) is 89.1 Å². The van der Waals surface area contributed by atoms with Crippen LogP contribution in [-0.2, 0) is 35.1 Å². The predicted molar refractivity (Wildman–Crippen MR) is 228 cm³/mol. The first-order valence-electron chi connectivity index (χ1n) is 20.4. The van der Waals surface area contributed by atoms with E-state index >= 15 is 4.39 Å². The highest BCUT2D eigenvalue weighted by Crippen LogP contribution is 2.29. The van der Waals surface area contributed by atoms with Crippen molar-refractivity contribution in [1.29, 1.82) is 0 Å². The van der Waals surface area contributed by atoms with Crippen molar-refractivity contribution in [2.75, 3.05) is 19.8 Å². The average molecular weight is 867 g/mol. The van der Waals surface area contributed by atoms with Gasteiger partial charge >= 0.3 is 12.2 Å². The van der Waals surface area contributed by atoms with Crippen molar-refractivity contribution in [2.24, 2.45) is 11.1 Å². The maximum atomic E-state index is 15.4. The van der Waals surface area contributed by atoms with Gasteiger partial charge in [-0.05, 0) is 88.5 Å². The number of benzene rings is 2. The van der Waals surface area contributed by atoms with Crippen molar-refractivity contribution in [3.63, 3.8) is 0 Å². The maximum absolute atomic E-state index is 15.4. The molecule has 5 amide bonds. The molecule has 3 aromatic rings. The summed E-state index contributed by atoms with van der Waals surface area (Å²) in [6.07, 6.45) is -0.460. The largest absolute Gasteiger partial charge is 0.488 e. The first-order valence-corrected chi connectivity index (χ1v) is 21.2. The molecule has 4 rings (SSSR count). The van der Waals surface area contributed by atoms with Gasteiger partial charge in [0.15, 0.2) is 17.3 Å². The molecule has 2 aromatic carbocycles. The van der Waals surface area contributed by atoms with E-state index in [1.807, 2.05) is 38.1 Å². The molecule has 2 heterocycles. The van der Waals surface area contributed by atoms with Gasteiger partial charge in [-0.3, -0.25) is 19.2 Å². The molecule has 1 aromatic heterocycles. The number of nitrogens with zero attached hydrogens (tertiary/aromatic N) is 2. The lowest BCUT2D eigenvalue weighted by atomic mass is 9.85. The maximum Gasteiger partial charge on any atom is 0.407 e. The highest BCUT2D eigenvalue weighted by Gasteiger charge is 2.45. The third kappa shape index (κ3) is 14.5. The van der Waals surface area contributed by atoms with Gasteiger partial charge in [0.1, 0.15) is 24.3 Å². The Bertz CT molecular complexity index is 2030. The second-order valence-electron chi connectivity index (χ2n) is 17.3. The van der Waals surface area contributed by atoms with Crippen LogP contribution in [0.3, 0.4) is 0 Å². The van der Waals surface area contributed by atoms with Crippen molar-refractivity contribution in [1.82, 2.24) is 25.8 Å². The number of amides is 5. The monoisotopic (exact) mass is 866 g/mol. The number of ketones is 1. The van der Waals surface area contributed by atoms with Crippen LogP contribution in [0.5, 0.6) is 5.75 Å². The summed E-state index contributed by atoms with van der Waals surface area (Å²) >= 11 is 1.55. The second kappa shape index (κ2) is 21.3. The van der Waals surface area contributed by atoms with Crippen LogP contribution in [0.25, 0.3) is 10.4 Å². The number of aromatic nitrogens is 1. The van der Waals surface area contributed by atoms with E-state index in [9.17, 15) is 28.8 Å². The molecule has 5 N–H and O–H groups in total. The van der Waals surface area contributed by atoms with Gasteiger partial charge in [-0.25, -0.2) is 19.0 Å². The molecule has 0 saturated carbocycles. The first-order chi connectivity index (χ1) is 28.6. The quantitative estimate of drug-likeness (QED) is 0.105. The van der Waals surface area contributed by atoms with Crippen molar-refractivity contribution in [3.8, 4) is 16.2 Å². The molecule has 15 nitrogen and oxygen atoms in total. The van der Waals surface area contributed by atoms with E-state index in [2.05, 4.69) is 20.9 Å². The van der Waals surface area contributed by atoms with Crippen LogP contribution in [0, 0.1) is 18.2 Å². The van der Waals surface area contributed by atoms with Gasteiger partial charge in [-0.15, -0.1) is 11.3 Å². The van der Waals surface area contributed by atoms with Gasteiger partial charge < -0.3 is 40.8 Å². The number of unbranched alkanes of at least 4 members (excludes halogenated alkanes) is 1. The van der Waals surface area contributed by atoms with Crippen LogP contribution < -0.4 is 26.4 Å². The molecule has 0 radical (unpaired) electrons. The fourth-order valence-corrected chi connectivity index (χ4v) is 7.46. The van der Waals surface area contributed by atoms with Crippen LogP contribution in [0.4, 0.5) is 14.0 Å². The zero-order valence-electron chi connectivity index (χ0n) is 36.2. The summed E-state index contributed by atoms with van der Waals surface area (Å²) in [4.78, 5) is 83.5. The summed E-state index contributed by atoms with van der Waals surface area (Å²) in [6, 6.07) is 9.21. The lowest BCUT2D eigenvalue weighted by Crippen LogP contribution is -2.57. The van der Waals surface area contributed by atoms with Crippen LogP contribution in [0.15, 0.2) is 48.0 Å². The molecule has 1 saturated heterocycles. The molecule has 1 aliphatic rings. The van der Waals surface area contributed by atoms with E-state index in [1.165, 1.54) is 11.0 Å². The fraction of sp³-hybridized carbons (Fsp3) is 0.523. The Kier molecular flexibility index (Phi) is 16.8. The highest BCUT2D eigenvalue weighted by atomic mass is 32.1. The number of carbonyl (C=O) groups is 6. The topological polar surface area (TPSA) is 208 Å². The Labute approximate surface area is 360 Å². The Morgan fingerprint density at radius 2 is 1.69 bits per heavy atom. The number of nitrogens with one attached hydrogen (secondary N) is 3. The van der Waals surface area contributed by atoms with Crippen molar-refractivity contribution >= 4 is 47.0 Å². The van der Waals surface area contributed by atoms with Crippen molar-refractivity contribution in [2.45, 2.75) is 124 Å². The molecule has 0 bridgehead atoms. The smallest absolute Gasteiger partial charge is 0.407 e. The molecular weight excluding hydrogens is 808 g/mol. The number of thiazole rings is 1. The van der Waals surface area contributed by atoms with Gasteiger partial charge in [-0.1, -0.05) is 57.2 Å². The summed E-state index contributed by atoms with van der Waals surface area (Å²) in [5.74, 6) is -2.51. The Morgan fingerprint density at radius 1 is 0.984 bits per heavy atom. The summed E-state index contributed by atoms with van der Waals surface area (Å²) in [5.41, 5.74) is 8.68. The number of hydrogen-bond acceptors (Lipinski definition) is 11. The molecular formula is C44H59FN6O9S. The third-order valence-electron chi connectivity index (χ3n) is 9.90. The molecule has 1 aliphatic heterocycles. The normalized spacial score (nSPS) is 15.7. The molecule has 61 heavy (non-hydrogen) atoms.